The molecule has 0 aliphatic carbocycles. The van der Waals surface area contributed by atoms with Crippen LogP contribution in [0.15, 0.2) is 66.9 Å². The van der Waals surface area contributed by atoms with Crippen molar-refractivity contribution in [2.45, 2.75) is 26.7 Å². The molecule has 3 N–H and O–H groups in total. The fourth-order valence-corrected chi connectivity index (χ4v) is 2.11. The number of hydrogen-bond acceptors (Lipinski definition) is 3. The van der Waals surface area contributed by atoms with Crippen LogP contribution in [0, 0.1) is 6.92 Å². The smallest absolute Gasteiger partial charge is 0.160 e. The highest BCUT2D eigenvalue weighted by atomic mass is 16.3. The van der Waals surface area contributed by atoms with Crippen LogP contribution in [0.5, 0.6) is 11.5 Å². The van der Waals surface area contributed by atoms with Gasteiger partial charge in [-0.2, -0.15) is 0 Å². The average molecular weight is 325 g/mol. The minimum absolute atomic E-state index is 0.0761. The van der Waals surface area contributed by atoms with Crippen molar-refractivity contribution in [3.63, 3.8) is 0 Å². The number of benzene rings is 1. The van der Waals surface area contributed by atoms with Crippen molar-refractivity contribution in [1.82, 2.24) is 5.32 Å². The zero-order chi connectivity index (χ0) is 17.9. The van der Waals surface area contributed by atoms with Gasteiger partial charge in [-0.05, 0) is 67.8 Å². The summed E-state index contributed by atoms with van der Waals surface area (Å²) in [7, 11) is 0. The lowest BCUT2D eigenvalue weighted by atomic mass is 10.1. The Morgan fingerprint density at radius 2 is 2.00 bits per heavy atom. The van der Waals surface area contributed by atoms with Crippen LogP contribution in [-0.2, 0) is 0 Å². The van der Waals surface area contributed by atoms with Gasteiger partial charge in [-0.3, -0.25) is 0 Å². The molecule has 0 atom stereocenters. The lowest BCUT2D eigenvalue weighted by Gasteiger charge is -2.04. The Morgan fingerprint density at radius 1 is 1.25 bits per heavy atom. The van der Waals surface area contributed by atoms with Crippen LogP contribution in [0.4, 0.5) is 0 Å². The lowest BCUT2D eigenvalue weighted by Crippen LogP contribution is -2.06. The van der Waals surface area contributed by atoms with E-state index in [1.165, 1.54) is 11.6 Å². The van der Waals surface area contributed by atoms with Gasteiger partial charge < -0.3 is 15.5 Å². The molecule has 0 fully saturated rings. The molecule has 0 bridgehead atoms. The van der Waals surface area contributed by atoms with Crippen LogP contribution in [0.1, 0.15) is 30.9 Å². The molecular formula is C21H27NO2. The van der Waals surface area contributed by atoms with Crippen molar-refractivity contribution < 1.29 is 10.2 Å². The Balaban J connectivity index is 2.68. The van der Waals surface area contributed by atoms with E-state index in [1.54, 1.807) is 13.0 Å². The van der Waals surface area contributed by atoms with Gasteiger partial charge in [0, 0.05) is 6.54 Å². The molecule has 128 valence electrons. The Hall–Kier alpha value is -2.68. The summed E-state index contributed by atoms with van der Waals surface area (Å²) >= 11 is 0. The van der Waals surface area contributed by atoms with Crippen molar-refractivity contribution in [2.75, 3.05) is 6.54 Å². The number of phenolic OH excluding ortho intramolecular Hbond substituents is 2. The van der Waals surface area contributed by atoms with Crippen LogP contribution in [0.2, 0.25) is 0 Å². The SMILES string of the molecule is C=C/C=C(\C=C/NCCCC(=C)C)/C=C/c1cc(C)c(O)c(O)c1. The van der Waals surface area contributed by atoms with E-state index < -0.39 is 0 Å². The second-order valence-electron chi connectivity index (χ2n) is 5.79. The molecule has 0 aliphatic heterocycles. The molecule has 0 aromatic heterocycles. The van der Waals surface area contributed by atoms with Gasteiger partial charge in [0.15, 0.2) is 11.5 Å². The first-order chi connectivity index (χ1) is 11.4. The Kier molecular flexibility index (Phi) is 8.20. The zero-order valence-electron chi connectivity index (χ0n) is 14.5. The van der Waals surface area contributed by atoms with E-state index >= 15 is 0 Å². The standard InChI is InChI=1S/C21H27NO2/c1-5-7-18(11-13-22-12-6-8-16(2)3)9-10-19-14-17(4)21(24)20(23)15-19/h5,7,9-11,13-15,22-24H,1-2,6,8,12H2,3-4H3/b10-9+,13-11-,18-7-. The molecule has 0 aliphatic rings. The average Bonchev–Trinajstić information content (AvgIpc) is 2.52. The van der Waals surface area contributed by atoms with Gasteiger partial charge in [0.05, 0.1) is 0 Å². The van der Waals surface area contributed by atoms with E-state index in [0.29, 0.717) is 5.56 Å². The second-order valence-corrected chi connectivity index (χ2v) is 5.79. The Labute approximate surface area is 145 Å². The molecular weight excluding hydrogens is 298 g/mol. The van der Waals surface area contributed by atoms with Crippen LogP contribution < -0.4 is 5.32 Å². The molecule has 3 nitrogen and oxygen atoms in total. The van der Waals surface area contributed by atoms with E-state index in [1.807, 2.05) is 43.5 Å². The topological polar surface area (TPSA) is 52.5 Å². The summed E-state index contributed by atoms with van der Waals surface area (Å²) in [6.45, 7) is 12.3. The van der Waals surface area contributed by atoms with E-state index in [-0.39, 0.29) is 11.5 Å². The summed E-state index contributed by atoms with van der Waals surface area (Å²) in [5.74, 6) is -0.188. The minimum Gasteiger partial charge on any atom is -0.504 e. The highest BCUT2D eigenvalue weighted by Gasteiger charge is 2.03. The number of nitrogens with one attached hydrogen (secondary N) is 1. The summed E-state index contributed by atoms with van der Waals surface area (Å²) in [6.07, 6.45) is 13.4. The first kappa shape index (κ1) is 19.4. The van der Waals surface area contributed by atoms with Gasteiger partial charge in [-0.25, -0.2) is 0 Å². The van der Waals surface area contributed by atoms with E-state index in [0.717, 1.165) is 30.5 Å². The third-order valence-electron chi connectivity index (χ3n) is 3.40. The lowest BCUT2D eigenvalue weighted by molar-refractivity contribution is 0.401. The predicted molar refractivity (Wildman–Crippen MR) is 103 cm³/mol. The highest BCUT2D eigenvalue weighted by molar-refractivity contribution is 5.60. The van der Waals surface area contributed by atoms with Crippen molar-refractivity contribution in [3.8, 4) is 11.5 Å². The molecule has 0 unspecified atom stereocenters. The monoisotopic (exact) mass is 325 g/mol. The van der Waals surface area contributed by atoms with Gasteiger partial charge in [0.1, 0.15) is 0 Å². The third-order valence-corrected chi connectivity index (χ3v) is 3.40. The van der Waals surface area contributed by atoms with Crippen LogP contribution in [0.25, 0.3) is 6.08 Å². The maximum atomic E-state index is 9.67. The van der Waals surface area contributed by atoms with E-state index in [2.05, 4.69) is 18.5 Å². The van der Waals surface area contributed by atoms with Crippen LogP contribution in [-0.4, -0.2) is 16.8 Å². The number of phenols is 2. The van der Waals surface area contributed by atoms with Gasteiger partial charge in [-0.15, -0.1) is 6.58 Å². The number of rotatable bonds is 9. The minimum atomic E-state index is -0.112. The first-order valence-corrected chi connectivity index (χ1v) is 8.01. The molecule has 0 amide bonds. The second kappa shape index (κ2) is 10.2. The molecule has 0 spiro atoms. The van der Waals surface area contributed by atoms with Crippen molar-refractivity contribution in [1.29, 1.82) is 0 Å². The largest absolute Gasteiger partial charge is 0.504 e. The van der Waals surface area contributed by atoms with Gasteiger partial charge in [-0.1, -0.05) is 36.5 Å². The van der Waals surface area contributed by atoms with Crippen LogP contribution >= 0.6 is 0 Å². The fourth-order valence-electron chi connectivity index (χ4n) is 2.11. The molecule has 0 heterocycles. The zero-order valence-corrected chi connectivity index (χ0v) is 14.5. The maximum absolute atomic E-state index is 9.67. The molecule has 0 radical (unpaired) electrons. The number of hydrogen-bond donors (Lipinski definition) is 3. The molecule has 24 heavy (non-hydrogen) atoms. The summed E-state index contributed by atoms with van der Waals surface area (Å²) in [5.41, 5.74) is 3.63. The quantitative estimate of drug-likeness (QED) is 0.259. The summed E-state index contributed by atoms with van der Waals surface area (Å²) in [4.78, 5) is 0. The third kappa shape index (κ3) is 7.05. The summed E-state index contributed by atoms with van der Waals surface area (Å²) in [6, 6.07) is 3.35. The van der Waals surface area contributed by atoms with Gasteiger partial charge in [0.25, 0.3) is 0 Å². The number of allylic oxidation sites excluding steroid dienone is 6. The molecule has 0 saturated carbocycles. The summed E-state index contributed by atoms with van der Waals surface area (Å²) in [5, 5.41) is 22.5. The van der Waals surface area contributed by atoms with Gasteiger partial charge in [0.2, 0.25) is 0 Å². The predicted octanol–water partition coefficient (Wildman–Crippen LogP) is 4.99. The van der Waals surface area contributed by atoms with Crippen LogP contribution in [0.3, 0.4) is 0 Å². The first-order valence-electron chi connectivity index (χ1n) is 8.01. The highest BCUT2D eigenvalue weighted by Crippen LogP contribution is 2.30. The fraction of sp³-hybridized carbons (Fsp3) is 0.238. The summed E-state index contributed by atoms with van der Waals surface area (Å²) < 4.78 is 0. The molecule has 1 aromatic rings. The Bertz CT molecular complexity index is 643. The number of aromatic hydroxyl groups is 2. The van der Waals surface area contributed by atoms with E-state index in [9.17, 15) is 10.2 Å². The molecule has 1 aromatic carbocycles. The van der Waals surface area contributed by atoms with Crippen molar-refractivity contribution in [2.24, 2.45) is 0 Å². The van der Waals surface area contributed by atoms with Crippen molar-refractivity contribution >= 4 is 6.08 Å². The van der Waals surface area contributed by atoms with Gasteiger partial charge >= 0.3 is 0 Å². The molecule has 0 saturated heterocycles. The number of aryl methyl sites for hydroxylation is 1. The molecule has 3 heteroatoms. The molecule has 1 rings (SSSR count). The normalized spacial score (nSPS) is 12.0. The Morgan fingerprint density at radius 3 is 2.62 bits per heavy atom. The van der Waals surface area contributed by atoms with E-state index in [4.69, 9.17) is 0 Å². The maximum Gasteiger partial charge on any atom is 0.160 e. The van der Waals surface area contributed by atoms with Crippen molar-refractivity contribution in [3.05, 3.63) is 78.1 Å².